The van der Waals surface area contributed by atoms with Gasteiger partial charge in [0, 0.05) is 23.3 Å². The molecule has 136 valence electrons. The molecule has 2 bridgehead atoms. The molecular formula is C20H24N4O2. The van der Waals surface area contributed by atoms with Gasteiger partial charge < -0.3 is 15.0 Å². The van der Waals surface area contributed by atoms with Crippen molar-refractivity contribution in [1.29, 1.82) is 0 Å². The monoisotopic (exact) mass is 352 g/mol. The molecule has 0 radical (unpaired) electrons. The molecular weight excluding hydrogens is 328 g/mol. The van der Waals surface area contributed by atoms with Gasteiger partial charge >= 0.3 is 6.03 Å². The lowest BCUT2D eigenvalue weighted by molar-refractivity contribution is -0.00600. The van der Waals surface area contributed by atoms with Gasteiger partial charge in [0.15, 0.2) is 0 Å². The number of methoxy groups -OCH3 is 1. The van der Waals surface area contributed by atoms with Crippen molar-refractivity contribution in [3.05, 3.63) is 36.2 Å². The number of anilines is 1. The highest BCUT2D eigenvalue weighted by Gasteiger charge is 2.46. The molecule has 2 aliphatic heterocycles. The van der Waals surface area contributed by atoms with Crippen molar-refractivity contribution in [1.82, 2.24) is 14.9 Å². The molecule has 2 unspecified atom stereocenters. The van der Waals surface area contributed by atoms with E-state index in [1.54, 1.807) is 19.5 Å². The van der Waals surface area contributed by atoms with Crippen molar-refractivity contribution in [2.45, 2.75) is 45.2 Å². The zero-order valence-electron chi connectivity index (χ0n) is 15.4. The van der Waals surface area contributed by atoms with Crippen molar-refractivity contribution in [2.75, 3.05) is 12.4 Å². The van der Waals surface area contributed by atoms with E-state index < -0.39 is 0 Å². The third kappa shape index (κ3) is 3.00. The van der Waals surface area contributed by atoms with E-state index in [-0.39, 0.29) is 6.03 Å². The molecule has 6 heteroatoms. The number of piperidine rings is 1. The first-order valence-electron chi connectivity index (χ1n) is 9.11. The molecule has 1 N–H and O–H groups in total. The summed E-state index contributed by atoms with van der Waals surface area (Å²) in [5, 5.41) is 3.06. The summed E-state index contributed by atoms with van der Waals surface area (Å²) in [4.78, 5) is 23.4. The van der Waals surface area contributed by atoms with Crippen molar-refractivity contribution in [2.24, 2.45) is 5.92 Å². The molecule has 2 aliphatic rings. The zero-order chi connectivity index (χ0) is 18.3. The second-order valence-electron chi connectivity index (χ2n) is 7.43. The molecule has 0 saturated carbocycles. The van der Waals surface area contributed by atoms with Crippen LogP contribution in [0.3, 0.4) is 0 Å². The maximum atomic E-state index is 12.7. The largest absolute Gasteiger partial charge is 0.480 e. The Hall–Kier alpha value is -2.63. The van der Waals surface area contributed by atoms with Crippen LogP contribution < -0.4 is 10.1 Å². The van der Waals surface area contributed by atoms with E-state index in [1.165, 1.54) is 0 Å². The van der Waals surface area contributed by atoms with Crippen LogP contribution in [0.5, 0.6) is 5.88 Å². The van der Waals surface area contributed by atoms with Gasteiger partial charge in [0.2, 0.25) is 5.88 Å². The van der Waals surface area contributed by atoms with Gasteiger partial charge in [0.25, 0.3) is 0 Å². The fraction of sp³-hybridized carbons (Fsp3) is 0.450. The van der Waals surface area contributed by atoms with Gasteiger partial charge in [0.1, 0.15) is 0 Å². The van der Waals surface area contributed by atoms with Gasteiger partial charge in [-0.25, -0.2) is 9.78 Å². The summed E-state index contributed by atoms with van der Waals surface area (Å²) < 4.78 is 5.17. The van der Waals surface area contributed by atoms with Gasteiger partial charge in [0.05, 0.1) is 25.2 Å². The highest BCUT2D eigenvalue weighted by Crippen LogP contribution is 2.41. The number of benzene rings is 1. The zero-order valence-corrected chi connectivity index (χ0v) is 15.4. The number of urea groups is 1. The van der Waals surface area contributed by atoms with Crippen LogP contribution in [0.2, 0.25) is 0 Å². The minimum Gasteiger partial charge on any atom is -0.480 e. The number of ether oxygens (including phenoxy) is 1. The molecule has 2 aromatic rings. The number of carbonyl (C=O) groups excluding carboxylic acids is 1. The highest BCUT2D eigenvalue weighted by molar-refractivity contribution is 5.91. The lowest BCUT2D eigenvalue weighted by atomic mass is 9.74. The number of hydrogen-bond acceptors (Lipinski definition) is 4. The summed E-state index contributed by atoms with van der Waals surface area (Å²) in [6, 6.07) is 6.68. The Labute approximate surface area is 153 Å². The number of aromatic nitrogens is 2. The van der Waals surface area contributed by atoms with Crippen LogP contribution in [0, 0.1) is 12.8 Å². The summed E-state index contributed by atoms with van der Waals surface area (Å²) in [6.45, 7) is 4.29. The Kier molecular flexibility index (Phi) is 4.26. The predicted molar refractivity (Wildman–Crippen MR) is 100 cm³/mol. The van der Waals surface area contributed by atoms with E-state index in [1.807, 2.05) is 30.0 Å². The van der Waals surface area contributed by atoms with Crippen LogP contribution in [-0.4, -0.2) is 40.1 Å². The number of fused-ring (bicyclic) bond motifs is 2. The normalized spacial score (nSPS) is 24.0. The van der Waals surface area contributed by atoms with Crippen LogP contribution in [0.15, 0.2) is 30.6 Å². The molecule has 0 aliphatic carbocycles. The van der Waals surface area contributed by atoms with Gasteiger partial charge in [-0.2, -0.15) is 0 Å². The first kappa shape index (κ1) is 16.8. The molecule has 2 saturated heterocycles. The van der Waals surface area contributed by atoms with E-state index in [0.29, 0.717) is 18.0 Å². The molecule has 1 aromatic carbocycles. The Balaban J connectivity index is 1.54. The smallest absolute Gasteiger partial charge is 0.322 e. The minimum atomic E-state index is 0.00433. The first-order valence-corrected chi connectivity index (χ1v) is 9.11. The molecule has 3 heterocycles. The molecule has 4 rings (SSSR count). The van der Waals surface area contributed by atoms with Crippen LogP contribution in [0.1, 0.15) is 31.7 Å². The molecule has 1 aromatic heterocycles. The van der Waals surface area contributed by atoms with Gasteiger partial charge in [-0.3, -0.25) is 4.98 Å². The molecule has 2 fully saturated rings. The topological polar surface area (TPSA) is 67.3 Å². The molecule has 3 atom stereocenters. The lowest BCUT2D eigenvalue weighted by Crippen LogP contribution is -2.63. The second-order valence-corrected chi connectivity index (χ2v) is 7.43. The van der Waals surface area contributed by atoms with Crippen molar-refractivity contribution in [3.63, 3.8) is 0 Å². The quantitative estimate of drug-likeness (QED) is 0.911. The Bertz CT molecular complexity index is 826. The van der Waals surface area contributed by atoms with Crippen molar-refractivity contribution >= 4 is 11.7 Å². The molecule has 6 nitrogen and oxygen atoms in total. The molecule has 0 spiro atoms. The second kappa shape index (κ2) is 6.59. The lowest BCUT2D eigenvalue weighted by Gasteiger charge is -2.54. The number of hydrogen-bond donors (Lipinski definition) is 1. The Morgan fingerprint density at radius 2 is 2.00 bits per heavy atom. The van der Waals surface area contributed by atoms with Crippen LogP contribution in [-0.2, 0) is 0 Å². The number of rotatable bonds is 3. The number of nitrogens with one attached hydrogen (secondary N) is 1. The number of aryl methyl sites for hydroxylation is 1. The molecule has 2 amide bonds. The summed E-state index contributed by atoms with van der Waals surface area (Å²) in [7, 11) is 1.57. The van der Waals surface area contributed by atoms with Gasteiger partial charge in [-0.1, -0.05) is 13.0 Å². The maximum Gasteiger partial charge on any atom is 0.322 e. The number of amides is 2. The standard InChI is InChI=1S/C20H24N4O2/c1-12-6-15-9-16(7-12)24(15)20(25)22-14-5-4-13(2)17(8-14)18-10-21-11-19(23-18)26-3/h4-5,8,10-12,15-16H,6-7,9H2,1-3H3,(H,22,25)/t12?,15-,16?/m1/s1. The minimum absolute atomic E-state index is 0.00433. The number of nitrogens with zero attached hydrogens (tertiary/aromatic N) is 3. The van der Waals surface area contributed by atoms with E-state index in [0.717, 1.165) is 47.7 Å². The van der Waals surface area contributed by atoms with E-state index >= 15 is 0 Å². The summed E-state index contributed by atoms with van der Waals surface area (Å²) in [5.41, 5.74) is 3.51. The average molecular weight is 352 g/mol. The van der Waals surface area contributed by atoms with Crippen LogP contribution >= 0.6 is 0 Å². The van der Waals surface area contributed by atoms with Crippen molar-refractivity contribution in [3.8, 4) is 17.1 Å². The number of carbonyl (C=O) groups is 1. The third-order valence-corrected chi connectivity index (χ3v) is 5.50. The van der Waals surface area contributed by atoms with Gasteiger partial charge in [-0.15, -0.1) is 0 Å². The summed E-state index contributed by atoms with van der Waals surface area (Å²) in [6.07, 6.45) is 6.66. The highest BCUT2D eigenvalue weighted by atomic mass is 16.5. The van der Waals surface area contributed by atoms with Crippen molar-refractivity contribution < 1.29 is 9.53 Å². The molecule has 26 heavy (non-hydrogen) atoms. The maximum absolute atomic E-state index is 12.7. The fourth-order valence-electron chi connectivity index (χ4n) is 4.22. The van der Waals surface area contributed by atoms with Gasteiger partial charge in [-0.05, 0) is 49.8 Å². The Morgan fingerprint density at radius 3 is 2.73 bits per heavy atom. The SMILES string of the molecule is COc1cncc(-c2cc(NC(=O)N3C4CC(C)C[C@@H]3C4)ccc2C)n1. The summed E-state index contributed by atoms with van der Waals surface area (Å²) >= 11 is 0. The fourth-order valence-corrected chi connectivity index (χ4v) is 4.22. The first-order chi connectivity index (χ1) is 12.5. The van der Waals surface area contributed by atoms with E-state index in [4.69, 9.17) is 4.74 Å². The van der Waals surface area contributed by atoms with E-state index in [2.05, 4.69) is 22.2 Å². The van der Waals surface area contributed by atoms with Crippen LogP contribution in [0.25, 0.3) is 11.3 Å². The Morgan fingerprint density at radius 1 is 1.23 bits per heavy atom. The predicted octanol–water partition coefficient (Wildman–Crippen LogP) is 3.87. The summed E-state index contributed by atoms with van der Waals surface area (Å²) in [5.74, 6) is 1.19. The van der Waals surface area contributed by atoms with Crippen LogP contribution in [0.4, 0.5) is 10.5 Å². The third-order valence-electron chi connectivity index (χ3n) is 5.50. The van der Waals surface area contributed by atoms with E-state index in [9.17, 15) is 4.79 Å². The average Bonchev–Trinajstić information content (AvgIpc) is 2.63.